The summed E-state index contributed by atoms with van der Waals surface area (Å²) in [6.07, 6.45) is 0. The molecule has 56 valence electrons. The van der Waals surface area contributed by atoms with Crippen LogP contribution in [-0.2, 0) is 0 Å². The first-order valence-electron chi connectivity index (χ1n) is 2.85. The van der Waals surface area contributed by atoms with E-state index in [1.807, 2.05) is 6.07 Å². The highest BCUT2D eigenvalue weighted by molar-refractivity contribution is 7.16. The van der Waals surface area contributed by atoms with E-state index in [1.165, 1.54) is 11.3 Å². The topological polar surface area (TPSA) is 46.2 Å². The molecule has 10 heavy (non-hydrogen) atoms. The molecule has 0 amide bonds. The lowest BCUT2D eigenvalue weighted by Crippen LogP contribution is -2.12. The zero-order chi connectivity index (χ0) is 7.56. The van der Waals surface area contributed by atoms with Crippen molar-refractivity contribution >= 4 is 22.9 Å². The summed E-state index contributed by atoms with van der Waals surface area (Å²) in [5, 5.41) is 8.64. The summed E-state index contributed by atoms with van der Waals surface area (Å²) in [6, 6.07) is 3.32. The average Bonchev–Trinajstić information content (AvgIpc) is 2.34. The summed E-state index contributed by atoms with van der Waals surface area (Å²) >= 11 is 7.04. The van der Waals surface area contributed by atoms with Gasteiger partial charge in [-0.2, -0.15) is 0 Å². The van der Waals surface area contributed by atoms with Crippen LogP contribution in [0.1, 0.15) is 10.9 Å². The van der Waals surface area contributed by atoms with Gasteiger partial charge in [-0.15, -0.1) is 11.3 Å². The van der Waals surface area contributed by atoms with Gasteiger partial charge in [-0.3, -0.25) is 0 Å². The molecule has 3 N–H and O–H groups in total. The Morgan fingerprint density at radius 3 is 2.80 bits per heavy atom. The van der Waals surface area contributed by atoms with Crippen molar-refractivity contribution in [2.75, 3.05) is 6.61 Å². The monoisotopic (exact) mass is 177 g/mol. The number of aliphatic hydroxyl groups excluding tert-OH is 1. The third kappa shape index (κ3) is 1.70. The highest BCUT2D eigenvalue weighted by Crippen LogP contribution is 2.25. The molecule has 1 aromatic rings. The molecule has 0 spiro atoms. The van der Waals surface area contributed by atoms with Crippen LogP contribution < -0.4 is 5.73 Å². The molecule has 0 aliphatic heterocycles. The Morgan fingerprint density at radius 2 is 2.40 bits per heavy atom. The van der Waals surface area contributed by atoms with Crippen molar-refractivity contribution in [2.45, 2.75) is 6.04 Å². The van der Waals surface area contributed by atoms with Crippen molar-refractivity contribution in [3.8, 4) is 0 Å². The van der Waals surface area contributed by atoms with E-state index in [4.69, 9.17) is 22.4 Å². The Bertz CT molecular complexity index is 213. The van der Waals surface area contributed by atoms with Gasteiger partial charge in [-0.1, -0.05) is 11.6 Å². The molecule has 0 radical (unpaired) electrons. The molecular formula is C6H8ClNOS. The second-order valence-electron chi connectivity index (χ2n) is 1.93. The minimum atomic E-state index is -0.280. The summed E-state index contributed by atoms with van der Waals surface area (Å²) < 4.78 is 0.707. The largest absolute Gasteiger partial charge is 0.394 e. The standard InChI is InChI=1S/C6H8ClNOS/c7-6-2-1-5(10-6)4(8)3-9/h1-2,4,9H,3,8H2/t4-/m0/s1. The van der Waals surface area contributed by atoms with Crippen LogP contribution in [0.15, 0.2) is 12.1 Å². The predicted molar refractivity (Wildman–Crippen MR) is 43.3 cm³/mol. The molecule has 0 saturated carbocycles. The highest BCUT2D eigenvalue weighted by atomic mass is 35.5. The Morgan fingerprint density at radius 1 is 1.70 bits per heavy atom. The molecule has 0 saturated heterocycles. The fraction of sp³-hybridized carbons (Fsp3) is 0.333. The summed E-state index contributed by atoms with van der Waals surface area (Å²) in [7, 11) is 0. The molecule has 1 heterocycles. The SMILES string of the molecule is N[C@@H](CO)c1ccc(Cl)s1. The van der Waals surface area contributed by atoms with Crippen LogP contribution in [0.3, 0.4) is 0 Å². The minimum absolute atomic E-state index is 0.0309. The zero-order valence-electron chi connectivity index (χ0n) is 5.25. The second kappa shape index (κ2) is 3.34. The third-order valence-electron chi connectivity index (χ3n) is 1.16. The van der Waals surface area contributed by atoms with Crippen molar-refractivity contribution in [2.24, 2.45) is 5.73 Å². The first kappa shape index (κ1) is 8.01. The van der Waals surface area contributed by atoms with Crippen LogP contribution >= 0.6 is 22.9 Å². The second-order valence-corrected chi connectivity index (χ2v) is 3.68. The van der Waals surface area contributed by atoms with E-state index in [0.717, 1.165) is 4.88 Å². The Balaban J connectivity index is 2.74. The molecule has 0 aliphatic carbocycles. The maximum Gasteiger partial charge on any atom is 0.0931 e. The maximum absolute atomic E-state index is 8.64. The van der Waals surface area contributed by atoms with E-state index in [-0.39, 0.29) is 12.6 Å². The molecule has 1 aromatic heterocycles. The summed E-state index contributed by atoms with van der Waals surface area (Å²) in [6.45, 7) is -0.0309. The van der Waals surface area contributed by atoms with Gasteiger partial charge in [0.15, 0.2) is 0 Å². The molecule has 2 nitrogen and oxygen atoms in total. The van der Waals surface area contributed by atoms with Gasteiger partial charge >= 0.3 is 0 Å². The number of hydrogen-bond acceptors (Lipinski definition) is 3. The lowest BCUT2D eigenvalue weighted by atomic mass is 10.3. The Kier molecular flexibility index (Phi) is 2.68. The summed E-state index contributed by atoms with van der Waals surface area (Å²) in [5.74, 6) is 0. The van der Waals surface area contributed by atoms with Crippen LogP contribution in [0, 0.1) is 0 Å². The smallest absolute Gasteiger partial charge is 0.0931 e. The van der Waals surface area contributed by atoms with Crippen molar-refractivity contribution in [1.82, 2.24) is 0 Å². The van der Waals surface area contributed by atoms with Crippen molar-refractivity contribution in [3.63, 3.8) is 0 Å². The summed E-state index contributed by atoms with van der Waals surface area (Å²) in [5.41, 5.74) is 5.51. The van der Waals surface area contributed by atoms with Gasteiger partial charge in [0.25, 0.3) is 0 Å². The predicted octanol–water partition coefficient (Wildman–Crippen LogP) is 1.39. The molecule has 4 heteroatoms. The van der Waals surface area contributed by atoms with Gasteiger partial charge in [-0.25, -0.2) is 0 Å². The normalized spacial score (nSPS) is 13.5. The molecule has 1 atom stereocenters. The highest BCUT2D eigenvalue weighted by Gasteiger charge is 2.05. The van der Waals surface area contributed by atoms with Crippen LogP contribution in [0.2, 0.25) is 4.34 Å². The van der Waals surface area contributed by atoms with Gasteiger partial charge in [0.05, 0.1) is 17.0 Å². The van der Waals surface area contributed by atoms with Gasteiger partial charge in [0.1, 0.15) is 0 Å². The molecular weight excluding hydrogens is 170 g/mol. The van der Waals surface area contributed by atoms with Crippen LogP contribution in [0.25, 0.3) is 0 Å². The van der Waals surface area contributed by atoms with Crippen LogP contribution in [-0.4, -0.2) is 11.7 Å². The molecule has 0 bridgehead atoms. The zero-order valence-corrected chi connectivity index (χ0v) is 6.82. The first-order valence-corrected chi connectivity index (χ1v) is 4.05. The number of hydrogen-bond donors (Lipinski definition) is 2. The van der Waals surface area contributed by atoms with Crippen LogP contribution in [0.5, 0.6) is 0 Å². The van der Waals surface area contributed by atoms with Gasteiger partial charge in [0.2, 0.25) is 0 Å². The molecule has 0 fully saturated rings. The van der Waals surface area contributed by atoms with Crippen LogP contribution in [0.4, 0.5) is 0 Å². The molecule has 0 aliphatic rings. The van der Waals surface area contributed by atoms with Gasteiger partial charge < -0.3 is 10.8 Å². The van der Waals surface area contributed by atoms with Gasteiger partial charge in [0, 0.05) is 4.88 Å². The van der Waals surface area contributed by atoms with Crippen molar-refractivity contribution in [3.05, 3.63) is 21.3 Å². The lowest BCUT2D eigenvalue weighted by Gasteiger charge is -2.02. The number of rotatable bonds is 2. The number of nitrogens with two attached hydrogens (primary N) is 1. The molecule has 1 rings (SSSR count). The van der Waals surface area contributed by atoms with E-state index in [0.29, 0.717) is 4.34 Å². The van der Waals surface area contributed by atoms with E-state index < -0.39 is 0 Å². The minimum Gasteiger partial charge on any atom is -0.394 e. The summed E-state index contributed by atoms with van der Waals surface area (Å²) in [4.78, 5) is 0.924. The third-order valence-corrected chi connectivity index (χ3v) is 2.52. The number of thiophene rings is 1. The van der Waals surface area contributed by atoms with E-state index in [1.54, 1.807) is 6.07 Å². The average molecular weight is 178 g/mol. The first-order chi connectivity index (χ1) is 4.74. The maximum atomic E-state index is 8.64. The number of halogens is 1. The number of aliphatic hydroxyl groups is 1. The fourth-order valence-corrected chi connectivity index (χ4v) is 1.67. The van der Waals surface area contributed by atoms with Crippen molar-refractivity contribution in [1.29, 1.82) is 0 Å². The molecule has 0 aromatic carbocycles. The quantitative estimate of drug-likeness (QED) is 0.718. The lowest BCUT2D eigenvalue weighted by molar-refractivity contribution is 0.269. The van der Waals surface area contributed by atoms with Crippen molar-refractivity contribution < 1.29 is 5.11 Å². The Hall–Kier alpha value is -0.0900. The van der Waals surface area contributed by atoms with Gasteiger partial charge in [-0.05, 0) is 12.1 Å². The fourth-order valence-electron chi connectivity index (χ4n) is 0.618. The Labute approximate surface area is 68.2 Å². The van der Waals surface area contributed by atoms with E-state index >= 15 is 0 Å². The van der Waals surface area contributed by atoms with E-state index in [9.17, 15) is 0 Å². The van der Waals surface area contributed by atoms with E-state index in [2.05, 4.69) is 0 Å². The molecule has 0 unspecified atom stereocenters.